The molecule has 1 amide bonds. The van der Waals surface area contributed by atoms with Crippen LogP contribution < -0.4 is 11.0 Å². The Balaban J connectivity index is 1.87. The van der Waals surface area contributed by atoms with Crippen LogP contribution >= 0.6 is 0 Å². The van der Waals surface area contributed by atoms with Crippen LogP contribution in [0, 0.1) is 0 Å². The van der Waals surface area contributed by atoms with Gasteiger partial charge < -0.3 is 9.30 Å². The molecule has 36 heavy (non-hydrogen) atoms. The van der Waals surface area contributed by atoms with E-state index in [1.54, 1.807) is 48.0 Å². The average molecular weight is 481 g/mol. The van der Waals surface area contributed by atoms with Gasteiger partial charge in [-0.2, -0.15) is 4.99 Å². The fourth-order valence-corrected chi connectivity index (χ4v) is 4.36. The molecule has 0 saturated carbocycles. The molecular weight excluding hydrogens is 456 g/mol. The van der Waals surface area contributed by atoms with E-state index in [0.717, 1.165) is 10.8 Å². The van der Waals surface area contributed by atoms with E-state index in [4.69, 9.17) is 9.72 Å². The van der Waals surface area contributed by atoms with Crippen LogP contribution in [0.4, 0.5) is 0 Å². The molecule has 0 fully saturated rings. The lowest BCUT2D eigenvalue weighted by atomic mass is 10.0. The number of aryl methyl sites for hydroxylation is 1. The molecule has 0 aliphatic rings. The number of rotatable bonds is 5. The summed E-state index contributed by atoms with van der Waals surface area (Å²) in [4.78, 5) is 49.0. The first-order chi connectivity index (χ1) is 17.5. The van der Waals surface area contributed by atoms with Gasteiger partial charge in [0.1, 0.15) is 16.9 Å². The van der Waals surface area contributed by atoms with E-state index in [1.807, 2.05) is 37.3 Å². The largest absolute Gasteiger partial charge is 0.462 e. The molecule has 0 bridgehead atoms. The Morgan fingerprint density at radius 1 is 0.944 bits per heavy atom. The van der Waals surface area contributed by atoms with Gasteiger partial charge in [-0.25, -0.2) is 9.78 Å². The van der Waals surface area contributed by atoms with Gasteiger partial charge in [0.15, 0.2) is 5.49 Å². The molecule has 0 aliphatic heterocycles. The molecule has 3 aromatic heterocycles. The summed E-state index contributed by atoms with van der Waals surface area (Å²) in [6, 6.07) is 19.7. The van der Waals surface area contributed by atoms with Crippen LogP contribution in [0.3, 0.4) is 0 Å². The van der Waals surface area contributed by atoms with Crippen molar-refractivity contribution in [3.8, 4) is 0 Å². The number of amides is 1. The first-order valence-corrected chi connectivity index (χ1v) is 11.8. The monoisotopic (exact) mass is 480 g/mol. The molecule has 2 aromatic carbocycles. The van der Waals surface area contributed by atoms with Crippen molar-refractivity contribution >= 4 is 39.3 Å². The highest BCUT2D eigenvalue weighted by Crippen LogP contribution is 2.19. The van der Waals surface area contributed by atoms with Gasteiger partial charge in [-0.15, -0.1) is 0 Å². The van der Waals surface area contributed by atoms with Crippen molar-refractivity contribution in [2.24, 2.45) is 4.99 Å². The molecule has 5 aromatic rings. The van der Waals surface area contributed by atoms with Crippen molar-refractivity contribution in [3.05, 3.63) is 99.9 Å². The summed E-state index contributed by atoms with van der Waals surface area (Å²) in [7, 11) is 0. The smallest absolute Gasteiger partial charge is 0.341 e. The van der Waals surface area contributed by atoms with E-state index in [9.17, 15) is 14.4 Å². The minimum atomic E-state index is -0.661. The molecule has 0 aliphatic carbocycles. The second-order valence-corrected chi connectivity index (χ2v) is 8.28. The Bertz CT molecular complexity index is 1780. The Hall–Kier alpha value is -4.59. The highest BCUT2D eigenvalue weighted by molar-refractivity contribution is 6.07. The maximum absolute atomic E-state index is 13.5. The number of carbonyl (C=O) groups excluding carboxylic acids is 2. The zero-order valence-electron chi connectivity index (χ0n) is 20.0. The predicted molar refractivity (Wildman–Crippen MR) is 137 cm³/mol. The molecule has 0 radical (unpaired) electrons. The van der Waals surface area contributed by atoms with Gasteiger partial charge in [0.25, 0.3) is 11.5 Å². The third-order valence-electron chi connectivity index (χ3n) is 5.96. The summed E-state index contributed by atoms with van der Waals surface area (Å²) in [5.74, 6) is -1.16. The molecule has 180 valence electrons. The number of fused-ring (bicyclic) bond motifs is 3. The summed E-state index contributed by atoms with van der Waals surface area (Å²) in [5.41, 5.74) is 1.06. The van der Waals surface area contributed by atoms with Crippen LogP contribution in [-0.2, 0) is 11.3 Å². The minimum absolute atomic E-state index is 0.0427. The van der Waals surface area contributed by atoms with Crippen molar-refractivity contribution in [1.82, 2.24) is 14.0 Å². The predicted octanol–water partition coefficient (Wildman–Crippen LogP) is 4.13. The Morgan fingerprint density at radius 3 is 2.53 bits per heavy atom. The Kier molecular flexibility index (Phi) is 6.16. The van der Waals surface area contributed by atoms with Crippen molar-refractivity contribution in [2.45, 2.75) is 26.8 Å². The number of carbonyl (C=O) groups is 2. The maximum Gasteiger partial charge on any atom is 0.341 e. The molecule has 0 unspecified atom stereocenters. The maximum atomic E-state index is 13.5. The second kappa shape index (κ2) is 9.58. The van der Waals surface area contributed by atoms with Crippen molar-refractivity contribution in [1.29, 1.82) is 0 Å². The van der Waals surface area contributed by atoms with Crippen molar-refractivity contribution < 1.29 is 14.3 Å². The molecule has 3 heterocycles. The summed E-state index contributed by atoms with van der Waals surface area (Å²) in [6.07, 6.45) is 2.29. The number of aromatic nitrogens is 3. The fourth-order valence-electron chi connectivity index (χ4n) is 4.36. The zero-order chi connectivity index (χ0) is 25.2. The third kappa shape index (κ3) is 3.96. The van der Waals surface area contributed by atoms with Gasteiger partial charge in [-0.1, -0.05) is 49.4 Å². The number of ether oxygens (including phenoxy) is 1. The number of benzene rings is 2. The van der Waals surface area contributed by atoms with Gasteiger partial charge in [0.05, 0.1) is 12.0 Å². The van der Waals surface area contributed by atoms with Gasteiger partial charge in [-0.05, 0) is 48.4 Å². The first kappa shape index (κ1) is 23.2. The number of hydrogen-bond donors (Lipinski definition) is 0. The lowest BCUT2D eigenvalue weighted by Crippen LogP contribution is -2.32. The number of esters is 1. The van der Waals surface area contributed by atoms with E-state index in [0.29, 0.717) is 29.8 Å². The zero-order valence-corrected chi connectivity index (χ0v) is 20.0. The van der Waals surface area contributed by atoms with Crippen molar-refractivity contribution in [2.75, 3.05) is 6.61 Å². The van der Waals surface area contributed by atoms with E-state index in [-0.39, 0.29) is 28.6 Å². The molecule has 0 N–H and O–H groups in total. The number of nitrogens with zero attached hydrogens (tertiary/aromatic N) is 4. The van der Waals surface area contributed by atoms with E-state index in [2.05, 4.69) is 4.99 Å². The normalized spacial score (nSPS) is 11.9. The Labute approximate surface area is 206 Å². The molecule has 8 nitrogen and oxygen atoms in total. The molecule has 0 saturated heterocycles. The molecular formula is C28H24N4O4. The van der Waals surface area contributed by atoms with Gasteiger partial charge in [0, 0.05) is 18.3 Å². The summed E-state index contributed by atoms with van der Waals surface area (Å²) in [6.45, 7) is 4.18. The summed E-state index contributed by atoms with van der Waals surface area (Å²) >= 11 is 0. The Morgan fingerprint density at radius 2 is 1.72 bits per heavy atom. The van der Waals surface area contributed by atoms with Crippen LogP contribution in [-0.4, -0.2) is 32.4 Å². The lowest BCUT2D eigenvalue weighted by Gasteiger charge is -2.14. The van der Waals surface area contributed by atoms with Gasteiger partial charge in [-0.3, -0.25) is 14.0 Å². The van der Waals surface area contributed by atoms with Crippen LogP contribution in [0.2, 0.25) is 0 Å². The standard InChI is InChI=1S/C28H24N4O4/c1-3-15-32-24-21(27(34)31-16-8-7-14-23(31)29-24)17-22(28(35)36-4-2)25(32)30-26(33)20-13-9-11-18-10-5-6-12-19(18)20/h5-14,16-17H,3-4,15H2,1-2H3. The highest BCUT2D eigenvalue weighted by atomic mass is 16.5. The topological polar surface area (TPSA) is 95.0 Å². The minimum Gasteiger partial charge on any atom is -0.462 e. The number of hydrogen-bond acceptors (Lipinski definition) is 5. The van der Waals surface area contributed by atoms with E-state index in [1.165, 1.54) is 10.5 Å². The van der Waals surface area contributed by atoms with E-state index < -0.39 is 11.9 Å². The molecule has 5 rings (SSSR count). The van der Waals surface area contributed by atoms with Gasteiger partial charge >= 0.3 is 5.97 Å². The summed E-state index contributed by atoms with van der Waals surface area (Å²) in [5, 5.41) is 1.91. The van der Waals surface area contributed by atoms with Crippen molar-refractivity contribution in [3.63, 3.8) is 0 Å². The van der Waals surface area contributed by atoms with Crippen LogP contribution in [0.25, 0.3) is 27.5 Å². The van der Waals surface area contributed by atoms with Crippen LogP contribution in [0.5, 0.6) is 0 Å². The molecule has 8 heteroatoms. The lowest BCUT2D eigenvalue weighted by molar-refractivity contribution is 0.0523. The van der Waals surface area contributed by atoms with Crippen LogP contribution in [0.1, 0.15) is 41.0 Å². The number of pyridine rings is 2. The first-order valence-electron chi connectivity index (χ1n) is 11.8. The SMILES string of the molecule is CCCn1c(=NC(=O)c2cccc3ccccc23)c(C(=O)OCC)cc2c(=O)n3ccccc3nc21. The second-order valence-electron chi connectivity index (χ2n) is 8.28. The fraction of sp³-hybridized carbons (Fsp3) is 0.179. The van der Waals surface area contributed by atoms with Gasteiger partial charge in [0.2, 0.25) is 0 Å². The summed E-state index contributed by atoms with van der Waals surface area (Å²) < 4.78 is 8.37. The average Bonchev–Trinajstić information content (AvgIpc) is 2.90. The van der Waals surface area contributed by atoms with E-state index >= 15 is 0 Å². The molecule has 0 atom stereocenters. The molecule has 0 spiro atoms. The third-order valence-corrected chi connectivity index (χ3v) is 5.96. The van der Waals surface area contributed by atoms with Crippen LogP contribution in [0.15, 0.2) is 82.7 Å². The highest BCUT2D eigenvalue weighted by Gasteiger charge is 2.20. The quantitative estimate of drug-likeness (QED) is 0.278.